The molecule has 0 aliphatic carbocycles. The monoisotopic (exact) mass is 179 g/mol. The maximum absolute atomic E-state index is 12.8. The van der Waals surface area contributed by atoms with Crippen molar-refractivity contribution >= 4 is 10.9 Å². The summed E-state index contributed by atoms with van der Waals surface area (Å²) in [4.78, 5) is 3.05. The first-order valence-corrected chi connectivity index (χ1v) is 4.36. The van der Waals surface area contributed by atoms with Crippen LogP contribution in [0.3, 0.4) is 0 Å². The number of H-pyrrole nitrogens is 1. The fraction of sp³-hybridized carbons (Fsp3) is 0.200. The number of rotatable bonds is 2. The van der Waals surface area contributed by atoms with Crippen LogP contribution in [0.1, 0.15) is 5.56 Å². The molecule has 68 valence electrons. The van der Waals surface area contributed by atoms with E-state index in [1.807, 2.05) is 12.3 Å². The summed E-state index contributed by atoms with van der Waals surface area (Å²) in [6.45, 7) is 0.865. The minimum absolute atomic E-state index is 0.199. The van der Waals surface area contributed by atoms with Gasteiger partial charge >= 0.3 is 0 Å². The Morgan fingerprint density at radius 3 is 3.00 bits per heavy atom. The lowest BCUT2D eigenvalue weighted by Crippen LogP contribution is -2.51. The Kier molecular flexibility index (Phi) is 2.02. The van der Waals surface area contributed by atoms with Crippen molar-refractivity contribution in [2.45, 2.75) is 6.42 Å². The van der Waals surface area contributed by atoms with E-state index in [0.717, 1.165) is 23.9 Å². The predicted octanol–water partition coefficient (Wildman–Crippen LogP) is 1.09. The van der Waals surface area contributed by atoms with Gasteiger partial charge in [0, 0.05) is 23.5 Å². The molecule has 0 aliphatic heterocycles. The van der Waals surface area contributed by atoms with Gasteiger partial charge in [-0.1, -0.05) is 0 Å². The number of halogens is 1. The quantitative estimate of drug-likeness (QED) is 0.693. The summed E-state index contributed by atoms with van der Waals surface area (Å²) >= 11 is 0. The summed E-state index contributed by atoms with van der Waals surface area (Å²) in [5, 5.41) is 1.10. The highest BCUT2D eigenvalue weighted by Gasteiger charge is 2.03. The summed E-state index contributed by atoms with van der Waals surface area (Å²) in [5.74, 6) is -0.199. The van der Waals surface area contributed by atoms with Crippen molar-refractivity contribution in [2.24, 2.45) is 0 Å². The Bertz CT molecular complexity index is 420. The van der Waals surface area contributed by atoms with Gasteiger partial charge in [0.1, 0.15) is 5.82 Å². The van der Waals surface area contributed by atoms with Gasteiger partial charge in [-0.25, -0.2) is 4.39 Å². The van der Waals surface area contributed by atoms with E-state index in [4.69, 9.17) is 0 Å². The molecule has 1 aromatic heterocycles. The van der Waals surface area contributed by atoms with Crippen molar-refractivity contribution in [3.63, 3.8) is 0 Å². The molecule has 0 bridgehead atoms. The first kappa shape index (κ1) is 8.26. The van der Waals surface area contributed by atoms with Crippen LogP contribution in [0.2, 0.25) is 0 Å². The second-order valence-electron chi connectivity index (χ2n) is 3.11. The number of nitrogens with one attached hydrogen (secondary N) is 1. The highest BCUT2D eigenvalue weighted by atomic mass is 19.1. The molecule has 2 nitrogen and oxygen atoms in total. The summed E-state index contributed by atoms with van der Waals surface area (Å²) in [5.41, 5.74) is 5.87. The molecule has 1 aromatic carbocycles. The molecule has 0 unspecified atom stereocenters. The van der Waals surface area contributed by atoms with Crippen molar-refractivity contribution in [1.82, 2.24) is 4.98 Å². The van der Waals surface area contributed by atoms with Crippen LogP contribution < -0.4 is 5.73 Å². The van der Waals surface area contributed by atoms with Gasteiger partial charge in [-0.05, 0) is 23.8 Å². The molecule has 4 N–H and O–H groups in total. The number of quaternary nitrogens is 1. The van der Waals surface area contributed by atoms with Crippen LogP contribution in [-0.2, 0) is 6.42 Å². The Morgan fingerprint density at radius 1 is 1.38 bits per heavy atom. The topological polar surface area (TPSA) is 43.4 Å². The van der Waals surface area contributed by atoms with Gasteiger partial charge in [0.25, 0.3) is 0 Å². The molecule has 1 heterocycles. The van der Waals surface area contributed by atoms with Crippen molar-refractivity contribution in [3.8, 4) is 0 Å². The third kappa shape index (κ3) is 1.42. The lowest BCUT2D eigenvalue weighted by molar-refractivity contribution is -0.366. The number of hydrogen-bond donors (Lipinski definition) is 2. The summed E-state index contributed by atoms with van der Waals surface area (Å²) in [6, 6.07) is 4.82. The van der Waals surface area contributed by atoms with E-state index >= 15 is 0 Å². The highest BCUT2D eigenvalue weighted by molar-refractivity contribution is 5.83. The number of benzene rings is 1. The van der Waals surface area contributed by atoms with Gasteiger partial charge in [0.05, 0.1) is 6.54 Å². The van der Waals surface area contributed by atoms with Crippen LogP contribution in [0, 0.1) is 5.82 Å². The van der Waals surface area contributed by atoms with E-state index in [9.17, 15) is 4.39 Å². The third-order valence-electron chi connectivity index (χ3n) is 2.18. The minimum atomic E-state index is -0.199. The maximum atomic E-state index is 12.8. The first-order valence-electron chi connectivity index (χ1n) is 4.36. The lowest BCUT2D eigenvalue weighted by Gasteiger charge is -1.93. The van der Waals surface area contributed by atoms with Crippen LogP contribution in [-0.4, -0.2) is 11.5 Å². The van der Waals surface area contributed by atoms with Crippen molar-refractivity contribution in [1.29, 1.82) is 0 Å². The first-order chi connectivity index (χ1) is 6.31. The zero-order valence-electron chi connectivity index (χ0n) is 7.31. The number of fused-ring (bicyclic) bond motifs is 1. The summed E-state index contributed by atoms with van der Waals surface area (Å²) < 4.78 is 12.8. The molecule has 0 amide bonds. The van der Waals surface area contributed by atoms with Gasteiger partial charge in [-0.3, -0.25) is 0 Å². The van der Waals surface area contributed by atoms with E-state index < -0.39 is 0 Å². The molecule has 0 fully saturated rings. The van der Waals surface area contributed by atoms with Gasteiger partial charge in [0.15, 0.2) is 0 Å². The van der Waals surface area contributed by atoms with Gasteiger partial charge in [-0.15, -0.1) is 0 Å². The number of aromatic amines is 1. The lowest BCUT2D eigenvalue weighted by atomic mass is 10.1. The summed E-state index contributed by atoms with van der Waals surface area (Å²) in [7, 11) is 0. The average Bonchev–Trinajstić information content (AvgIpc) is 2.49. The molecule has 0 saturated carbocycles. The van der Waals surface area contributed by atoms with Crippen LogP contribution >= 0.6 is 0 Å². The largest absolute Gasteiger partial charge is 0.361 e. The third-order valence-corrected chi connectivity index (χ3v) is 2.18. The van der Waals surface area contributed by atoms with Crippen molar-refractivity contribution in [2.75, 3.05) is 6.54 Å². The molecule has 0 aliphatic rings. The zero-order chi connectivity index (χ0) is 9.26. The minimum Gasteiger partial charge on any atom is -0.361 e. The number of hydrogen-bond acceptors (Lipinski definition) is 0. The molecular weight excluding hydrogens is 167 g/mol. The van der Waals surface area contributed by atoms with Crippen molar-refractivity contribution < 1.29 is 10.1 Å². The van der Waals surface area contributed by atoms with Crippen LogP contribution in [0.5, 0.6) is 0 Å². The Hall–Kier alpha value is -1.35. The zero-order valence-corrected chi connectivity index (χ0v) is 7.31. The normalized spacial score (nSPS) is 10.9. The van der Waals surface area contributed by atoms with Crippen LogP contribution in [0.4, 0.5) is 4.39 Å². The van der Waals surface area contributed by atoms with Crippen LogP contribution in [0.15, 0.2) is 24.4 Å². The second-order valence-corrected chi connectivity index (χ2v) is 3.11. The summed E-state index contributed by atoms with van der Waals surface area (Å²) in [6.07, 6.45) is 2.86. The Balaban J connectivity index is 2.55. The highest BCUT2D eigenvalue weighted by Crippen LogP contribution is 2.18. The Morgan fingerprint density at radius 2 is 2.23 bits per heavy atom. The fourth-order valence-electron chi connectivity index (χ4n) is 1.56. The van der Waals surface area contributed by atoms with Gasteiger partial charge in [0.2, 0.25) is 0 Å². The van der Waals surface area contributed by atoms with Crippen LogP contribution in [0.25, 0.3) is 10.9 Å². The molecule has 0 saturated heterocycles. The standard InChI is InChI=1S/C10H11FN2/c11-8-1-2-9-7(3-4-12)6-13-10(9)5-8/h1-2,5-6,13H,3-4,12H2/p+1. The van der Waals surface area contributed by atoms with E-state index in [2.05, 4.69) is 10.7 Å². The molecular formula is C10H12FN2+. The maximum Gasteiger partial charge on any atom is 0.125 e. The molecule has 13 heavy (non-hydrogen) atoms. The average molecular weight is 179 g/mol. The molecule has 3 heteroatoms. The molecule has 0 radical (unpaired) electrons. The molecule has 0 spiro atoms. The van der Waals surface area contributed by atoms with E-state index in [1.165, 1.54) is 17.7 Å². The Labute approximate surface area is 75.6 Å². The molecule has 2 rings (SSSR count). The SMILES string of the molecule is [NH3+]CCc1c[nH]c2cc(F)ccc12. The number of aromatic nitrogens is 1. The van der Waals surface area contributed by atoms with E-state index in [-0.39, 0.29) is 5.82 Å². The van der Waals surface area contributed by atoms with Gasteiger partial charge in [-0.2, -0.15) is 0 Å². The molecule has 2 aromatic rings. The smallest absolute Gasteiger partial charge is 0.125 e. The fourth-order valence-corrected chi connectivity index (χ4v) is 1.56. The predicted molar refractivity (Wildman–Crippen MR) is 49.7 cm³/mol. The van der Waals surface area contributed by atoms with E-state index in [1.54, 1.807) is 0 Å². The van der Waals surface area contributed by atoms with Gasteiger partial charge < -0.3 is 10.7 Å². The molecule has 0 atom stereocenters. The van der Waals surface area contributed by atoms with Crippen molar-refractivity contribution in [3.05, 3.63) is 35.8 Å². The van der Waals surface area contributed by atoms with E-state index in [0.29, 0.717) is 0 Å². The second kappa shape index (κ2) is 3.18.